The molecule has 2 fully saturated rings. The molecule has 0 bridgehead atoms. The lowest BCUT2D eigenvalue weighted by Gasteiger charge is -2.36. The van der Waals surface area contributed by atoms with E-state index >= 15 is 0 Å². The molecule has 2 aliphatic rings. The summed E-state index contributed by atoms with van der Waals surface area (Å²) >= 11 is 0. The van der Waals surface area contributed by atoms with E-state index in [2.05, 4.69) is 11.1 Å². The van der Waals surface area contributed by atoms with Gasteiger partial charge in [-0.1, -0.05) is 6.92 Å². The van der Waals surface area contributed by atoms with Crippen LogP contribution in [0.4, 0.5) is 5.69 Å². The number of nitriles is 1. The molecule has 22 heavy (non-hydrogen) atoms. The van der Waals surface area contributed by atoms with E-state index in [1.165, 1.54) is 0 Å². The van der Waals surface area contributed by atoms with Gasteiger partial charge in [0.2, 0.25) is 10.0 Å². The van der Waals surface area contributed by atoms with Crippen molar-refractivity contribution in [2.75, 3.05) is 31.1 Å². The molecule has 2 heterocycles. The Balaban J connectivity index is 1.73. The second-order valence-electron chi connectivity index (χ2n) is 6.29. The second-order valence-corrected chi connectivity index (χ2v) is 8.69. The van der Waals surface area contributed by atoms with E-state index in [0.717, 1.165) is 12.1 Å². The van der Waals surface area contributed by atoms with Crippen molar-refractivity contribution < 1.29 is 8.42 Å². The van der Waals surface area contributed by atoms with Crippen molar-refractivity contribution in [3.8, 4) is 6.07 Å². The molecule has 0 radical (unpaired) electrons. The molecule has 0 N–H and O–H groups in total. The van der Waals surface area contributed by atoms with Gasteiger partial charge in [0, 0.05) is 32.4 Å². The summed E-state index contributed by atoms with van der Waals surface area (Å²) < 4.78 is 26.4. The standard InChI is InChI=1S/C15H20N4O2S/c1-12-10-15(12,2)22(20,21)19-8-6-18(7-9-19)14-4-3-5-17-13(14)11-16/h3-5,12H,6-10H2,1-2H3/t12-,15-/m1/s1. The maximum absolute atomic E-state index is 12.7. The van der Waals surface area contributed by atoms with Gasteiger partial charge in [0.15, 0.2) is 5.69 Å². The molecular weight excluding hydrogens is 300 g/mol. The first-order chi connectivity index (χ1) is 10.4. The van der Waals surface area contributed by atoms with E-state index in [1.54, 1.807) is 16.6 Å². The number of sulfonamides is 1. The molecule has 0 spiro atoms. The molecule has 1 aromatic heterocycles. The molecule has 3 rings (SSSR count). The first-order valence-electron chi connectivity index (χ1n) is 7.50. The van der Waals surface area contributed by atoms with Crippen molar-refractivity contribution in [3.05, 3.63) is 24.0 Å². The van der Waals surface area contributed by atoms with Crippen molar-refractivity contribution in [1.82, 2.24) is 9.29 Å². The van der Waals surface area contributed by atoms with Gasteiger partial charge in [-0.25, -0.2) is 13.4 Å². The van der Waals surface area contributed by atoms with Gasteiger partial charge in [0.05, 0.1) is 10.4 Å². The third kappa shape index (κ3) is 2.27. The van der Waals surface area contributed by atoms with Crippen LogP contribution in [0.5, 0.6) is 0 Å². The maximum atomic E-state index is 12.7. The zero-order chi connectivity index (χ0) is 16.0. The Morgan fingerprint density at radius 1 is 1.36 bits per heavy atom. The lowest BCUT2D eigenvalue weighted by atomic mass is 10.2. The van der Waals surface area contributed by atoms with Crippen molar-refractivity contribution in [2.45, 2.75) is 25.0 Å². The van der Waals surface area contributed by atoms with Gasteiger partial charge in [0.1, 0.15) is 6.07 Å². The third-order valence-electron chi connectivity index (χ3n) is 4.99. The first-order valence-corrected chi connectivity index (χ1v) is 8.94. The summed E-state index contributed by atoms with van der Waals surface area (Å²) in [6, 6.07) is 5.75. The predicted molar refractivity (Wildman–Crippen MR) is 83.8 cm³/mol. The van der Waals surface area contributed by atoms with Crippen molar-refractivity contribution in [2.24, 2.45) is 5.92 Å². The van der Waals surface area contributed by atoms with Crippen LogP contribution in [-0.2, 0) is 10.0 Å². The van der Waals surface area contributed by atoms with Crippen LogP contribution in [0.1, 0.15) is 26.0 Å². The SMILES string of the molecule is C[C@@H]1C[C@@]1(C)S(=O)(=O)N1CCN(c2cccnc2C#N)CC1. The Kier molecular flexibility index (Phi) is 3.62. The molecule has 0 aromatic carbocycles. The van der Waals surface area contributed by atoms with Crippen molar-refractivity contribution in [3.63, 3.8) is 0 Å². The normalized spacial score (nSPS) is 29.1. The minimum Gasteiger partial charge on any atom is -0.367 e. The third-order valence-corrected chi connectivity index (χ3v) is 7.79. The first kappa shape index (κ1) is 15.3. The minimum absolute atomic E-state index is 0.235. The van der Waals surface area contributed by atoms with Gasteiger partial charge in [0.25, 0.3) is 0 Å². The highest BCUT2D eigenvalue weighted by atomic mass is 32.2. The fourth-order valence-corrected chi connectivity index (χ4v) is 5.31. The lowest BCUT2D eigenvalue weighted by molar-refractivity contribution is 0.377. The van der Waals surface area contributed by atoms with Gasteiger partial charge >= 0.3 is 0 Å². The number of rotatable bonds is 3. The van der Waals surface area contributed by atoms with Crippen LogP contribution in [0, 0.1) is 17.2 Å². The largest absolute Gasteiger partial charge is 0.367 e. The number of nitrogens with zero attached hydrogens (tertiary/aromatic N) is 4. The van der Waals surface area contributed by atoms with Crippen LogP contribution in [0.25, 0.3) is 0 Å². The second kappa shape index (κ2) is 5.21. The number of aromatic nitrogens is 1. The topological polar surface area (TPSA) is 77.3 Å². The summed E-state index contributed by atoms with van der Waals surface area (Å²) in [5.41, 5.74) is 1.18. The van der Waals surface area contributed by atoms with Crippen LogP contribution in [0.15, 0.2) is 18.3 Å². The van der Waals surface area contributed by atoms with Crippen LogP contribution in [0.2, 0.25) is 0 Å². The Labute approximate surface area is 131 Å². The van der Waals surface area contributed by atoms with Gasteiger partial charge < -0.3 is 4.90 Å². The Hall–Kier alpha value is -1.65. The summed E-state index contributed by atoms with van der Waals surface area (Å²) in [5, 5.41) is 9.13. The van der Waals surface area contributed by atoms with Crippen LogP contribution >= 0.6 is 0 Å². The molecule has 1 aliphatic carbocycles. The summed E-state index contributed by atoms with van der Waals surface area (Å²) in [6.07, 6.45) is 2.34. The Morgan fingerprint density at radius 2 is 2.00 bits per heavy atom. The number of pyridine rings is 1. The molecule has 1 aliphatic heterocycles. The van der Waals surface area contributed by atoms with Crippen molar-refractivity contribution in [1.29, 1.82) is 5.26 Å². The molecule has 7 heteroatoms. The summed E-state index contributed by atoms with van der Waals surface area (Å²) in [6.45, 7) is 5.93. The van der Waals surface area contributed by atoms with Gasteiger partial charge in [-0.3, -0.25) is 0 Å². The van der Waals surface area contributed by atoms with E-state index < -0.39 is 14.8 Å². The van der Waals surface area contributed by atoms with Gasteiger partial charge in [-0.05, 0) is 31.4 Å². The molecule has 1 saturated heterocycles. The number of piperazine rings is 1. The fourth-order valence-electron chi connectivity index (χ4n) is 3.11. The molecule has 1 saturated carbocycles. The average molecular weight is 320 g/mol. The zero-order valence-electron chi connectivity index (χ0n) is 12.9. The highest BCUT2D eigenvalue weighted by Crippen LogP contribution is 2.50. The molecule has 1 aromatic rings. The average Bonchev–Trinajstić information content (AvgIpc) is 3.16. The maximum Gasteiger partial charge on any atom is 0.219 e. The smallest absolute Gasteiger partial charge is 0.219 e. The molecule has 118 valence electrons. The van der Waals surface area contributed by atoms with E-state index in [-0.39, 0.29) is 5.92 Å². The fraction of sp³-hybridized carbons (Fsp3) is 0.600. The zero-order valence-corrected chi connectivity index (χ0v) is 13.7. The highest BCUT2D eigenvalue weighted by Gasteiger charge is 2.59. The van der Waals surface area contributed by atoms with Gasteiger partial charge in [-0.15, -0.1) is 0 Å². The molecule has 0 amide bonds. The molecule has 2 atom stereocenters. The number of hydrogen-bond donors (Lipinski definition) is 0. The monoisotopic (exact) mass is 320 g/mol. The summed E-state index contributed by atoms with van der Waals surface area (Å²) in [5.74, 6) is 0.235. The summed E-state index contributed by atoms with van der Waals surface area (Å²) in [7, 11) is -3.23. The minimum atomic E-state index is -3.23. The van der Waals surface area contributed by atoms with Crippen molar-refractivity contribution >= 4 is 15.7 Å². The van der Waals surface area contributed by atoms with E-state index in [4.69, 9.17) is 5.26 Å². The number of anilines is 1. The van der Waals surface area contributed by atoms with Crippen LogP contribution < -0.4 is 4.90 Å². The highest BCUT2D eigenvalue weighted by molar-refractivity contribution is 7.90. The number of hydrogen-bond acceptors (Lipinski definition) is 5. The van der Waals surface area contributed by atoms with E-state index in [0.29, 0.717) is 31.9 Å². The Bertz CT molecular complexity index is 719. The van der Waals surface area contributed by atoms with Crippen LogP contribution in [0.3, 0.4) is 0 Å². The molecule has 0 unspecified atom stereocenters. The molecule has 6 nitrogen and oxygen atoms in total. The Morgan fingerprint density at radius 3 is 2.55 bits per heavy atom. The lowest BCUT2D eigenvalue weighted by Crippen LogP contribution is -2.51. The molecular formula is C15H20N4O2S. The van der Waals surface area contributed by atoms with E-state index in [1.807, 2.05) is 24.8 Å². The van der Waals surface area contributed by atoms with E-state index in [9.17, 15) is 8.42 Å². The van der Waals surface area contributed by atoms with Gasteiger partial charge in [-0.2, -0.15) is 9.57 Å². The predicted octanol–water partition coefficient (Wildman–Crippen LogP) is 1.20. The van der Waals surface area contributed by atoms with Crippen LogP contribution in [-0.4, -0.2) is 48.6 Å². The summed E-state index contributed by atoms with van der Waals surface area (Å²) in [4.78, 5) is 6.10. The quantitative estimate of drug-likeness (QED) is 0.836.